The van der Waals surface area contributed by atoms with Gasteiger partial charge in [0.05, 0.1) is 16.9 Å². The van der Waals surface area contributed by atoms with Gasteiger partial charge in [0.15, 0.2) is 0 Å². The highest BCUT2D eigenvalue weighted by molar-refractivity contribution is 6.04. The molecule has 6 heteroatoms. The zero-order valence-electron chi connectivity index (χ0n) is 13.3. The molecule has 122 valence electrons. The molecule has 0 bridgehead atoms. The molecule has 1 aromatic heterocycles. The highest BCUT2D eigenvalue weighted by Crippen LogP contribution is 2.15. The zero-order chi connectivity index (χ0) is 16.7. The Balaban J connectivity index is 1.96. The number of benzene rings is 1. The van der Waals surface area contributed by atoms with Crippen molar-refractivity contribution in [2.45, 2.75) is 6.42 Å². The van der Waals surface area contributed by atoms with Crippen LogP contribution in [0.15, 0.2) is 42.7 Å². The second kappa shape index (κ2) is 8.24. The number of para-hydroxylation sites is 1. The first-order chi connectivity index (χ1) is 11.1. The molecular formula is C17H21FN4O. The Morgan fingerprint density at radius 3 is 2.78 bits per heavy atom. The predicted molar refractivity (Wildman–Crippen MR) is 90.3 cm³/mol. The highest BCUT2D eigenvalue weighted by Gasteiger charge is 2.10. The van der Waals surface area contributed by atoms with Gasteiger partial charge in [0.2, 0.25) is 0 Å². The minimum atomic E-state index is -0.466. The summed E-state index contributed by atoms with van der Waals surface area (Å²) in [6.07, 6.45) is 4.11. The summed E-state index contributed by atoms with van der Waals surface area (Å²) in [4.78, 5) is 18.4. The van der Waals surface area contributed by atoms with Crippen LogP contribution >= 0.6 is 0 Å². The first kappa shape index (κ1) is 16.9. The molecule has 0 fully saturated rings. The minimum Gasteiger partial charge on any atom is -0.384 e. The Kier molecular flexibility index (Phi) is 6.05. The Hall–Kier alpha value is -2.47. The van der Waals surface area contributed by atoms with Crippen molar-refractivity contribution in [3.05, 3.63) is 54.1 Å². The number of halogens is 1. The third-order valence-corrected chi connectivity index (χ3v) is 3.23. The van der Waals surface area contributed by atoms with E-state index in [1.54, 1.807) is 24.4 Å². The number of carbonyl (C=O) groups excluding carboxylic acids is 1. The Morgan fingerprint density at radius 1 is 1.26 bits per heavy atom. The number of carbonyl (C=O) groups is 1. The van der Waals surface area contributed by atoms with Crippen molar-refractivity contribution in [1.82, 2.24) is 9.88 Å². The fraction of sp³-hybridized carbons (Fsp3) is 0.294. The van der Waals surface area contributed by atoms with Crippen LogP contribution < -0.4 is 10.6 Å². The van der Waals surface area contributed by atoms with Crippen molar-refractivity contribution in [3.63, 3.8) is 0 Å². The number of hydrogen-bond donors (Lipinski definition) is 2. The van der Waals surface area contributed by atoms with Crippen molar-refractivity contribution < 1.29 is 9.18 Å². The number of rotatable bonds is 7. The van der Waals surface area contributed by atoms with Crippen molar-refractivity contribution in [2.75, 3.05) is 37.8 Å². The monoisotopic (exact) mass is 316 g/mol. The van der Waals surface area contributed by atoms with Crippen molar-refractivity contribution >= 4 is 17.3 Å². The molecule has 0 radical (unpaired) electrons. The summed E-state index contributed by atoms with van der Waals surface area (Å²) < 4.78 is 13.6. The molecule has 5 nitrogen and oxygen atoms in total. The third kappa shape index (κ3) is 5.34. The normalized spacial score (nSPS) is 10.6. The van der Waals surface area contributed by atoms with Crippen LogP contribution in [0, 0.1) is 5.82 Å². The summed E-state index contributed by atoms with van der Waals surface area (Å²) in [5.41, 5.74) is 1.30. The number of anilines is 2. The number of pyridine rings is 1. The van der Waals surface area contributed by atoms with E-state index in [0.29, 0.717) is 5.56 Å². The maximum atomic E-state index is 13.6. The maximum Gasteiger partial charge on any atom is 0.257 e. The van der Waals surface area contributed by atoms with Gasteiger partial charge in [0.25, 0.3) is 5.91 Å². The summed E-state index contributed by atoms with van der Waals surface area (Å²) in [6.45, 7) is 1.77. The first-order valence-corrected chi connectivity index (χ1v) is 7.46. The molecule has 0 saturated carbocycles. The average Bonchev–Trinajstić information content (AvgIpc) is 2.54. The maximum absolute atomic E-state index is 13.6. The van der Waals surface area contributed by atoms with E-state index in [1.165, 1.54) is 18.3 Å². The van der Waals surface area contributed by atoms with E-state index in [4.69, 9.17) is 0 Å². The lowest BCUT2D eigenvalue weighted by Crippen LogP contribution is -2.17. The lowest BCUT2D eigenvalue weighted by molar-refractivity contribution is 0.102. The molecule has 0 aliphatic rings. The molecule has 0 spiro atoms. The molecule has 0 saturated heterocycles. The molecule has 2 aromatic rings. The molecule has 0 aliphatic heterocycles. The van der Waals surface area contributed by atoms with Crippen LogP contribution in [-0.4, -0.2) is 43.0 Å². The standard InChI is InChI=1S/C17H21FN4O/c1-22(2)9-5-8-20-14-10-13(11-19-12-14)17(23)21-16-7-4-3-6-15(16)18/h3-4,6-7,10-12,20H,5,8-9H2,1-2H3,(H,21,23). The van der Waals surface area contributed by atoms with Crippen LogP contribution in [0.3, 0.4) is 0 Å². The molecule has 23 heavy (non-hydrogen) atoms. The minimum absolute atomic E-state index is 0.154. The Bertz CT molecular complexity index is 661. The van der Waals surface area contributed by atoms with E-state index in [9.17, 15) is 9.18 Å². The van der Waals surface area contributed by atoms with Gasteiger partial charge in [-0.1, -0.05) is 12.1 Å². The molecule has 1 amide bonds. The van der Waals surface area contributed by atoms with Crippen molar-refractivity contribution in [3.8, 4) is 0 Å². The summed E-state index contributed by atoms with van der Waals surface area (Å²) in [5, 5.41) is 5.77. The molecule has 1 heterocycles. The second-order valence-corrected chi connectivity index (χ2v) is 5.48. The lowest BCUT2D eigenvalue weighted by atomic mass is 10.2. The van der Waals surface area contributed by atoms with Gasteiger partial charge in [0, 0.05) is 18.9 Å². The topological polar surface area (TPSA) is 57.3 Å². The third-order valence-electron chi connectivity index (χ3n) is 3.23. The summed E-state index contributed by atoms with van der Waals surface area (Å²) in [5.74, 6) is -0.855. The zero-order valence-corrected chi connectivity index (χ0v) is 13.3. The van der Waals surface area contributed by atoms with Crippen LogP contribution in [0.4, 0.5) is 15.8 Å². The van der Waals surface area contributed by atoms with Crippen LogP contribution in [0.5, 0.6) is 0 Å². The molecule has 2 N–H and O–H groups in total. The van der Waals surface area contributed by atoms with E-state index < -0.39 is 5.82 Å². The number of aromatic nitrogens is 1. The van der Waals surface area contributed by atoms with E-state index in [2.05, 4.69) is 20.5 Å². The average molecular weight is 316 g/mol. The van der Waals surface area contributed by atoms with Crippen LogP contribution in [0.2, 0.25) is 0 Å². The molecule has 1 aromatic carbocycles. The number of amides is 1. The number of nitrogens with zero attached hydrogens (tertiary/aromatic N) is 2. The second-order valence-electron chi connectivity index (χ2n) is 5.48. The largest absolute Gasteiger partial charge is 0.384 e. The lowest BCUT2D eigenvalue weighted by Gasteiger charge is -2.11. The summed E-state index contributed by atoms with van der Waals surface area (Å²) >= 11 is 0. The molecule has 2 rings (SSSR count). The Morgan fingerprint density at radius 2 is 2.04 bits per heavy atom. The SMILES string of the molecule is CN(C)CCCNc1cncc(C(=O)Nc2ccccc2F)c1. The smallest absolute Gasteiger partial charge is 0.257 e. The number of hydrogen-bond acceptors (Lipinski definition) is 4. The van der Waals surface area contributed by atoms with Crippen LogP contribution in [0.25, 0.3) is 0 Å². The van der Waals surface area contributed by atoms with Crippen LogP contribution in [0.1, 0.15) is 16.8 Å². The fourth-order valence-electron chi connectivity index (χ4n) is 2.05. The van der Waals surface area contributed by atoms with Crippen molar-refractivity contribution in [2.24, 2.45) is 0 Å². The molecular weight excluding hydrogens is 295 g/mol. The summed E-state index contributed by atoms with van der Waals surface area (Å²) in [7, 11) is 4.05. The van der Waals surface area contributed by atoms with Crippen molar-refractivity contribution in [1.29, 1.82) is 0 Å². The van der Waals surface area contributed by atoms with E-state index in [1.807, 2.05) is 14.1 Å². The quantitative estimate of drug-likeness (QED) is 0.771. The van der Waals surface area contributed by atoms with Gasteiger partial charge in [-0.25, -0.2) is 4.39 Å². The first-order valence-electron chi connectivity index (χ1n) is 7.46. The highest BCUT2D eigenvalue weighted by atomic mass is 19.1. The van der Waals surface area contributed by atoms with Gasteiger partial charge < -0.3 is 15.5 Å². The van der Waals surface area contributed by atoms with Gasteiger partial charge >= 0.3 is 0 Å². The molecule has 0 atom stereocenters. The van der Waals surface area contributed by atoms with Crippen LogP contribution in [-0.2, 0) is 0 Å². The van der Waals surface area contributed by atoms with Gasteiger partial charge in [-0.2, -0.15) is 0 Å². The number of nitrogens with one attached hydrogen (secondary N) is 2. The Labute approximate surface area is 135 Å². The molecule has 0 aliphatic carbocycles. The molecule has 0 unspecified atom stereocenters. The van der Waals surface area contributed by atoms with Gasteiger partial charge in [-0.3, -0.25) is 9.78 Å². The van der Waals surface area contributed by atoms with E-state index in [0.717, 1.165) is 25.2 Å². The van der Waals surface area contributed by atoms with Gasteiger partial charge in [-0.05, 0) is 45.3 Å². The van der Waals surface area contributed by atoms with E-state index >= 15 is 0 Å². The van der Waals surface area contributed by atoms with E-state index in [-0.39, 0.29) is 11.6 Å². The summed E-state index contributed by atoms with van der Waals surface area (Å²) in [6, 6.07) is 7.77. The van der Waals surface area contributed by atoms with Gasteiger partial charge in [0.1, 0.15) is 5.82 Å². The fourth-order valence-corrected chi connectivity index (χ4v) is 2.05. The predicted octanol–water partition coefficient (Wildman–Crippen LogP) is 2.84. The van der Waals surface area contributed by atoms with Gasteiger partial charge in [-0.15, -0.1) is 0 Å².